The fraction of sp³-hybridized carbons (Fsp3) is 0.444. The third-order valence-electron chi connectivity index (χ3n) is 5.57. The first kappa shape index (κ1) is 13.5. The lowest BCUT2D eigenvalue weighted by Gasteiger charge is -2.35. The standard InChI is InChI=1S/C18H17NO4/c1-9(20)16-15-13-8-22-18(23-13)17(21)14(15)12-7-6-10-4-2-3-5-11(10)19(12)16/h2-7,12-16,18H,8H2,1H3/t12-,13-,14+,15+,16+,18-/m0/s1. The van der Waals surface area contributed by atoms with E-state index in [1.54, 1.807) is 6.92 Å². The Morgan fingerprint density at radius 1 is 1.30 bits per heavy atom. The van der Waals surface area contributed by atoms with Gasteiger partial charge in [0.05, 0.1) is 30.7 Å². The minimum absolute atomic E-state index is 0.0217. The lowest BCUT2D eigenvalue weighted by atomic mass is 9.78. The summed E-state index contributed by atoms with van der Waals surface area (Å²) >= 11 is 0. The van der Waals surface area contributed by atoms with Gasteiger partial charge in [-0.1, -0.05) is 30.4 Å². The monoisotopic (exact) mass is 311 g/mol. The molecule has 0 amide bonds. The maximum atomic E-state index is 12.8. The van der Waals surface area contributed by atoms with Crippen molar-refractivity contribution in [2.45, 2.75) is 31.4 Å². The van der Waals surface area contributed by atoms with E-state index in [0.717, 1.165) is 11.3 Å². The van der Waals surface area contributed by atoms with Gasteiger partial charge in [-0.3, -0.25) is 9.59 Å². The quantitative estimate of drug-likeness (QED) is 0.785. The van der Waals surface area contributed by atoms with E-state index in [2.05, 4.69) is 17.1 Å². The number of benzene rings is 1. The molecule has 4 aliphatic rings. The summed E-state index contributed by atoms with van der Waals surface area (Å²) in [4.78, 5) is 27.4. The number of carbonyl (C=O) groups excluding carboxylic acids is 2. The highest BCUT2D eigenvalue weighted by Gasteiger charge is 2.62. The molecule has 3 saturated heterocycles. The molecule has 118 valence electrons. The van der Waals surface area contributed by atoms with Crippen LogP contribution >= 0.6 is 0 Å². The maximum absolute atomic E-state index is 12.8. The third-order valence-corrected chi connectivity index (χ3v) is 5.57. The van der Waals surface area contributed by atoms with E-state index in [4.69, 9.17) is 9.47 Å². The van der Waals surface area contributed by atoms with Crippen LogP contribution in [0, 0.1) is 11.8 Å². The van der Waals surface area contributed by atoms with Gasteiger partial charge in [0.15, 0.2) is 11.6 Å². The van der Waals surface area contributed by atoms with E-state index < -0.39 is 6.29 Å². The van der Waals surface area contributed by atoms with Crippen molar-refractivity contribution >= 4 is 23.3 Å². The van der Waals surface area contributed by atoms with Crippen molar-refractivity contribution in [3.63, 3.8) is 0 Å². The van der Waals surface area contributed by atoms with Gasteiger partial charge in [0.2, 0.25) is 6.29 Å². The highest BCUT2D eigenvalue weighted by molar-refractivity contribution is 5.95. The Bertz CT molecular complexity index is 742. The number of Topliss-reactive ketones (excluding diaryl/α,β-unsaturated/α-hetero) is 2. The first-order valence-electron chi connectivity index (χ1n) is 8.03. The predicted molar refractivity (Wildman–Crippen MR) is 82.8 cm³/mol. The molecule has 0 N–H and O–H groups in total. The minimum atomic E-state index is -0.751. The molecular formula is C18H17NO4. The maximum Gasteiger partial charge on any atom is 0.218 e. The molecule has 3 fully saturated rings. The molecule has 0 aliphatic carbocycles. The number of hydrogen-bond donors (Lipinski definition) is 0. The number of ketones is 2. The van der Waals surface area contributed by atoms with Gasteiger partial charge >= 0.3 is 0 Å². The van der Waals surface area contributed by atoms with Crippen LogP contribution in [0.2, 0.25) is 0 Å². The largest absolute Gasteiger partial charge is 0.353 e. The molecule has 5 rings (SSSR count). The summed E-state index contributed by atoms with van der Waals surface area (Å²) in [7, 11) is 0. The van der Waals surface area contributed by atoms with E-state index >= 15 is 0 Å². The van der Waals surface area contributed by atoms with E-state index in [9.17, 15) is 9.59 Å². The van der Waals surface area contributed by atoms with Crippen molar-refractivity contribution in [2.24, 2.45) is 11.8 Å². The van der Waals surface area contributed by atoms with Gasteiger partial charge in [0.1, 0.15) is 0 Å². The average Bonchev–Trinajstić information content (AvgIpc) is 3.13. The first-order chi connectivity index (χ1) is 11.2. The summed E-state index contributed by atoms with van der Waals surface area (Å²) in [5.74, 6) is -0.319. The molecule has 0 unspecified atom stereocenters. The average molecular weight is 311 g/mol. The summed E-state index contributed by atoms with van der Waals surface area (Å²) in [6, 6.07) is 7.59. The fourth-order valence-electron chi connectivity index (χ4n) is 4.74. The van der Waals surface area contributed by atoms with Gasteiger partial charge in [0.25, 0.3) is 0 Å². The molecule has 0 aromatic heterocycles. The van der Waals surface area contributed by atoms with Gasteiger partial charge in [0, 0.05) is 11.6 Å². The molecule has 4 heterocycles. The SMILES string of the molecule is CC(=O)[C@@H]1[C@H]2[C@H](C(=O)[C@H]3OC[C@@H]2O3)[C@@H]2C=Cc3ccccc3N12. The van der Waals surface area contributed by atoms with Gasteiger partial charge in [-0.25, -0.2) is 0 Å². The third kappa shape index (κ3) is 1.64. The second-order valence-corrected chi connectivity index (χ2v) is 6.72. The van der Waals surface area contributed by atoms with Crippen molar-refractivity contribution < 1.29 is 19.1 Å². The molecule has 0 radical (unpaired) electrons. The predicted octanol–water partition coefficient (Wildman–Crippen LogP) is 1.42. The highest BCUT2D eigenvalue weighted by Crippen LogP contribution is 2.50. The first-order valence-corrected chi connectivity index (χ1v) is 8.03. The normalized spacial score (nSPS) is 39.9. The minimum Gasteiger partial charge on any atom is -0.353 e. The summed E-state index contributed by atoms with van der Waals surface area (Å²) in [6.45, 7) is 2.00. The summed E-state index contributed by atoms with van der Waals surface area (Å²) < 4.78 is 11.2. The summed E-state index contributed by atoms with van der Waals surface area (Å²) in [6.07, 6.45) is 3.19. The molecule has 1 aromatic carbocycles. The number of fused-ring (bicyclic) bond motifs is 8. The van der Waals surface area contributed by atoms with Crippen molar-refractivity contribution in [1.29, 1.82) is 0 Å². The van der Waals surface area contributed by atoms with Crippen LogP contribution in [-0.4, -0.2) is 42.7 Å². The van der Waals surface area contributed by atoms with Crippen molar-refractivity contribution in [3.8, 4) is 0 Å². The van der Waals surface area contributed by atoms with E-state index in [-0.39, 0.29) is 41.6 Å². The van der Waals surface area contributed by atoms with E-state index in [1.807, 2.05) is 24.3 Å². The Balaban J connectivity index is 1.69. The Labute approximate surface area is 133 Å². The fourth-order valence-corrected chi connectivity index (χ4v) is 4.74. The molecule has 5 nitrogen and oxygen atoms in total. The lowest BCUT2D eigenvalue weighted by molar-refractivity contribution is -0.164. The van der Waals surface area contributed by atoms with Crippen molar-refractivity contribution in [3.05, 3.63) is 35.9 Å². The molecule has 0 spiro atoms. The number of anilines is 1. The van der Waals surface area contributed by atoms with Crippen LogP contribution in [0.4, 0.5) is 5.69 Å². The number of nitrogens with zero attached hydrogens (tertiary/aromatic N) is 1. The van der Waals surface area contributed by atoms with E-state index in [1.165, 1.54) is 0 Å². The molecule has 0 saturated carbocycles. The number of carbonyl (C=O) groups is 2. The molecular weight excluding hydrogens is 294 g/mol. The Kier molecular flexibility index (Phi) is 2.65. The number of rotatable bonds is 1. The summed E-state index contributed by atoms with van der Waals surface area (Å²) in [5.41, 5.74) is 2.11. The Morgan fingerprint density at radius 2 is 2.13 bits per heavy atom. The molecule has 5 heteroatoms. The smallest absolute Gasteiger partial charge is 0.218 e. The van der Waals surface area contributed by atoms with Crippen LogP contribution in [-0.2, 0) is 19.1 Å². The lowest BCUT2D eigenvalue weighted by Crippen LogP contribution is -2.48. The number of para-hydroxylation sites is 1. The van der Waals surface area contributed by atoms with Crippen LogP contribution in [0.3, 0.4) is 0 Å². The number of ether oxygens (including phenoxy) is 2. The summed E-state index contributed by atoms with van der Waals surface area (Å²) in [5, 5.41) is 0. The van der Waals surface area contributed by atoms with Crippen molar-refractivity contribution in [1.82, 2.24) is 0 Å². The van der Waals surface area contributed by atoms with Crippen LogP contribution in [0.15, 0.2) is 30.3 Å². The number of hydrogen-bond acceptors (Lipinski definition) is 5. The van der Waals surface area contributed by atoms with Crippen LogP contribution in [0.5, 0.6) is 0 Å². The van der Waals surface area contributed by atoms with Crippen LogP contribution in [0.25, 0.3) is 6.08 Å². The second kappa shape index (κ2) is 4.52. The van der Waals surface area contributed by atoms with Crippen LogP contribution in [0.1, 0.15) is 12.5 Å². The van der Waals surface area contributed by atoms with Gasteiger partial charge in [-0.05, 0) is 18.6 Å². The molecule has 2 bridgehead atoms. The highest BCUT2D eigenvalue weighted by atomic mass is 16.7. The Hall–Kier alpha value is -1.98. The van der Waals surface area contributed by atoms with Gasteiger partial charge < -0.3 is 14.4 Å². The van der Waals surface area contributed by atoms with E-state index in [0.29, 0.717) is 6.61 Å². The molecule has 1 aromatic rings. The molecule has 23 heavy (non-hydrogen) atoms. The topological polar surface area (TPSA) is 55.8 Å². The molecule has 6 atom stereocenters. The zero-order valence-electron chi connectivity index (χ0n) is 12.7. The van der Waals surface area contributed by atoms with Gasteiger partial charge in [-0.15, -0.1) is 0 Å². The second-order valence-electron chi connectivity index (χ2n) is 6.72. The van der Waals surface area contributed by atoms with Crippen LogP contribution < -0.4 is 4.90 Å². The van der Waals surface area contributed by atoms with Crippen molar-refractivity contribution in [2.75, 3.05) is 11.5 Å². The molecule has 4 aliphatic heterocycles. The Morgan fingerprint density at radius 3 is 2.96 bits per heavy atom. The zero-order valence-corrected chi connectivity index (χ0v) is 12.7. The zero-order chi connectivity index (χ0) is 15.7. The van der Waals surface area contributed by atoms with Gasteiger partial charge in [-0.2, -0.15) is 0 Å².